The van der Waals surface area contributed by atoms with Gasteiger partial charge in [-0.05, 0) is 44.2 Å². The maximum Gasteiger partial charge on any atom is 0.417 e. The predicted octanol–water partition coefficient (Wildman–Crippen LogP) is 5.31. The highest BCUT2D eigenvalue weighted by molar-refractivity contribution is 5.85. The fourth-order valence-corrected chi connectivity index (χ4v) is 4.04. The van der Waals surface area contributed by atoms with E-state index in [1.807, 2.05) is 31.2 Å². The molecule has 0 N–H and O–H groups in total. The first-order chi connectivity index (χ1) is 16.4. The van der Waals surface area contributed by atoms with E-state index in [0.717, 1.165) is 23.3 Å². The van der Waals surface area contributed by atoms with Gasteiger partial charge in [0.1, 0.15) is 11.8 Å². The van der Waals surface area contributed by atoms with E-state index in [9.17, 15) is 18.0 Å². The van der Waals surface area contributed by atoms with Crippen LogP contribution in [0.25, 0.3) is 11.5 Å². The van der Waals surface area contributed by atoms with E-state index in [4.69, 9.17) is 14.4 Å². The van der Waals surface area contributed by atoms with Gasteiger partial charge in [-0.3, -0.25) is 4.79 Å². The van der Waals surface area contributed by atoms with E-state index < -0.39 is 40.8 Å². The van der Waals surface area contributed by atoms with Crippen molar-refractivity contribution in [1.29, 1.82) is 5.26 Å². The van der Waals surface area contributed by atoms with Crippen molar-refractivity contribution in [2.24, 2.45) is 5.41 Å². The largest absolute Gasteiger partial charge is 0.480 e. The van der Waals surface area contributed by atoms with Crippen molar-refractivity contribution in [3.8, 4) is 23.3 Å². The quantitative estimate of drug-likeness (QED) is 0.487. The fraction of sp³-hybridized carbons (Fsp3) is 0.360. The van der Waals surface area contributed by atoms with Crippen molar-refractivity contribution in [3.63, 3.8) is 0 Å². The molecule has 10 heteroatoms. The van der Waals surface area contributed by atoms with Gasteiger partial charge in [0.15, 0.2) is 6.10 Å². The normalized spacial score (nSPS) is 18.4. The molecule has 1 fully saturated rings. The lowest BCUT2D eigenvalue weighted by molar-refractivity contribution is -0.138. The Morgan fingerprint density at radius 3 is 2.51 bits per heavy atom. The van der Waals surface area contributed by atoms with E-state index in [0.29, 0.717) is 5.89 Å². The third-order valence-corrected chi connectivity index (χ3v) is 6.03. The average Bonchev–Trinajstić information content (AvgIpc) is 3.37. The van der Waals surface area contributed by atoms with E-state index in [1.54, 1.807) is 20.8 Å². The second-order valence-electron chi connectivity index (χ2n) is 9.26. The second-order valence-corrected chi connectivity index (χ2v) is 9.26. The Bertz CT molecular complexity index is 1290. The minimum Gasteiger partial charge on any atom is -0.480 e. The molecule has 2 atom stereocenters. The number of nitriles is 1. The summed E-state index contributed by atoms with van der Waals surface area (Å²) in [5.74, 6) is 0.0122. The van der Waals surface area contributed by atoms with E-state index in [-0.39, 0.29) is 18.2 Å². The Hall–Kier alpha value is -3.87. The Kier molecular flexibility index (Phi) is 6.05. The summed E-state index contributed by atoms with van der Waals surface area (Å²) in [4.78, 5) is 14.8. The van der Waals surface area contributed by atoms with Gasteiger partial charge in [-0.2, -0.15) is 18.4 Å². The summed E-state index contributed by atoms with van der Waals surface area (Å²) in [6, 6.07) is 11.6. The van der Waals surface area contributed by atoms with E-state index in [2.05, 4.69) is 10.2 Å². The van der Waals surface area contributed by atoms with Crippen LogP contribution in [0.5, 0.6) is 5.75 Å². The van der Waals surface area contributed by atoms with Crippen molar-refractivity contribution in [2.75, 3.05) is 6.54 Å². The molecule has 1 aliphatic rings. The Morgan fingerprint density at radius 2 is 1.89 bits per heavy atom. The van der Waals surface area contributed by atoms with Crippen LogP contribution < -0.4 is 4.74 Å². The second kappa shape index (κ2) is 8.73. The number of hydrogen-bond acceptors (Lipinski definition) is 6. The Morgan fingerprint density at radius 1 is 1.20 bits per heavy atom. The van der Waals surface area contributed by atoms with Gasteiger partial charge in [0.25, 0.3) is 5.91 Å². The molecule has 1 aromatic heterocycles. The number of likely N-dealkylation sites (tertiary alicyclic amines) is 1. The highest BCUT2D eigenvalue weighted by Gasteiger charge is 2.50. The van der Waals surface area contributed by atoms with E-state index >= 15 is 0 Å². The zero-order valence-electron chi connectivity index (χ0n) is 19.6. The number of rotatable bonds is 5. The van der Waals surface area contributed by atoms with Crippen LogP contribution in [0.1, 0.15) is 49.4 Å². The first-order valence-electron chi connectivity index (χ1n) is 10.9. The van der Waals surface area contributed by atoms with Crippen LogP contribution >= 0.6 is 0 Å². The lowest BCUT2D eigenvalue weighted by Gasteiger charge is -2.25. The van der Waals surface area contributed by atoms with Crippen LogP contribution in [0.3, 0.4) is 0 Å². The summed E-state index contributed by atoms with van der Waals surface area (Å²) in [6.45, 7) is 7.56. The minimum absolute atomic E-state index is 0.142. The van der Waals surface area contributed by atoms with Crippen molar-refractivity contribution >= 4 is 5.91 Å². The molecule has 2 unspecified atom stereocenters. The number of aromatic nitrogens is 2. The molecule has 35 heavy (non-hydrogen) atoms. The third-order valence-electron chi connectivity index (χ3n) is 6.03. The summed E-state index contributed by atoms with van der Waals surface area (Å²) in [6.07, 6.45) is -5.77. The Balaban J connectivity index is 1.56. The minimum atomic E-state index is -4.73. The Labute approximate surface area is 200 Å². The van der Waals surface area contributed by atoms with Crippen molar-refractivity contribution in [1.82, 2.24) is 15.1 Å². The number of nitrogens with zero attached hydrogens (tertiary/aromatic N) is 4. The molecule has 0 spiro atoms. The standard InChI is InChI=1S/C25H23F3N4O3/c1-14-5-7-16(8-6-14)22-31-30-21(35-22)15(2)32-13-24(3,4)20(23(32)33)34-18-10-9-17(12-29)19(11-18)25(26,27)28/h5-11,15,20H,13H2,1-4H3. The molecule has 1 saturated heterocycles. The number of carbonyl (C=O) groups is 1. The van der Waals surface area contributed by atoms with E-state index in [1.165, 1.54) is 17.0 Å². The van der Waals surface area contributed by atoms with Gasteiger partial charge >= 0.3 is 6.18 Å². The zero-order chi connectivity index (χ0) is 25.5. The first kappa shape index (κ1) is 24.3. The molecule has 0 saturated carbocycles. The number of halogens is 3. The lowest BCUT2D eigenvalue weighted by atomic mass is 9.89. The van der Waals surface area contributed by atoms with Crippen molar-refractivity contribution in [3.05, 3.63) is 65.0 Å². The molecule has 4 rings (SSSR count). The van der Waals surface area contributed by atoms with Gasteiger partial charge < -0.3 is 14.1 Å². The number of hydrogen-bond donors (Lipinski definition) is 0. The highest BCUT2D eigenvalue weighted by Crippen LogP contribution is 2.40. The molecule has 2 aromatic carbocycles. The molecule has 0 aliphatic carbocycles. The molecule has 2 heterocycles. The summed E-state index contributed by atoms with van der Waals surface area (Å²) >= 11 is 0. The van der Waals surface area contributed by atoms with Crippen LogP contribution in [-0.4, -0.2) is 33.7 Å². The highest BCUT2D eigenvalue weighted by atomic mass is 19.4. The zero-order valence-corrected chi connectivity index (χ0v) is 19.6. The number of amides is 1. The van der Waals surface area contributed by atoms with Crippen LogP contribution in [0.2, 0.25) is 0 Å². The van der Waals surface area contributed by atoms with Crippen LogP contribution in [-0.2, 0) is 11.0 Å². The number of alkyl halides is 3. The van der Waals surface area contributed by atoms with Gasteiger partial charge in [-0.1, -0.05) is 31.5 Å². The monoisotopic (exact) mass is 484 g/mol. The third kappa shape index (κ3) is 4.71. The lowest BCUT2D eigenvalue weighted by Crippen LogP contribution is -2.37. The summed E-state index contributed by atoms with van der Waals surface area (Å²) in [5, 5.41) is 17.2. The van der Waals surface area contributed by atoms with Crippen LogP contribution in [0, 0.1) is 23.7 Å². The van der Waals surface area contributed by atoms with Crippen molar-refractivity contribution < 1.29 is 27.1 Å². The molecule has 1 amide bonds. The molecular formula is C25H23F3N4O3. The molecule has 182 valence electrons. The summed E-state index contributed by atoms with van der Waals surface area (Å²) < 4.78 is 51.7. The number of ether oxygens (including phenoxy) is 1. The van der Waals surface area contributed by atoms with Gasteiger partial charge in [0.2, 0.25) is 11.8 Å². The average molecular weight is 484 g/mol. The molecule has 3 aromatic rings. The topological polar surface area (TPSA) is 92.2 Å². The van der Waals surface area contributed by atoms with Gasteiger partial charge in [0.05, 0.1) is 17.2 Å². The van der Waals surface area contributed by atoms with Gasteiger partial charge in [-0.25, -0.2) is 0 Å². The number of benzene rings is 2. The smallest absolute Gasteiger partial charge is 0.417 e. The van der Waals surface area contributed by atoms with Gasteiger partial charge in [0, 0.05) is 17.5 Å². The number of aryl methyl sites for hydroxylation is 1. The maximum absolute atomic E-state index is 13.4. The molecule has 1 aliphatic heterocycles. The van der Waals surface area contributed by atoms with Gasteiger partial charge in [-0.15, -0.1) is 10.2 Å². The molecule has 0 radical (unpaired) electrons. The van der Waals surface area contributed by atoms with Crippen LogP contribution in [0.4, 0.5) is 13.2 Å². The SMILES string of the molecule is Cc1ccc(-c2nnc(C(C)N3CC(C)(C)C(Oc4ccc(C#N)c(C(F)(F)F)c4)C3=O)o2)cc1. The van der Waals surface area contributed by atoms with Crippen molar-refractivity contribution in [2.45, 2.75) is 46.0 Å². The molecule has 0 bridgehead atoms. The predicted molar refractivity (Wildman–Crippen MR) is 119 cm³/mol. The van der Waals surface area contributed by atoms with Crippen LogP contribution in [0.15, 0.2) is 46.9 Å². The summed E-state index contributed by atoms with van der Waals surface area (Å²) in [5.41, 5.74) is -0.518. The molecule has 7 nitrogen and oxygen atoms in total. The number of carbonyl (C=O) groups excluding carboxylic acids is 1. The maximum atomic E-state index is 13.4. The first-order valence-corrected chi connectivity index (χ1v) is 10.9. The summed E-state index contributed by atoms with van der Waals surface area (Å²) in [7, 11) is 0. The molecular weight excluding hydrogens is 461 g/mol. The fourth-order valence-electron chi connectivity index (χ4n) is 4.04.